The van der Waals surface area contributed by atoms with Crippen molar-refractivity contribution < 1.29 is 0 Å². The van der Waals surface area contributed by atoms with Gasteiger partial charge in [-0.25, -0.2) is 9.97 Å². The molecule has 2 aliphatic carbocycles. The number of hydrogen-bond donors (Lipinski definition) is 1. The number of nitrogens with zero attached hydrogens (tertiary/aromatic N) is 2. The Labute approximate surface area is 116 Å². The van der Waals surface area contributed by atoms with Gasteiger partial charge in [-0.05, 0) is 38.7 Å². The molecule has 3 heteroatoms. The first kappa shape index (κ1) is 13.0. The molecule has 0 saturated heterocycles. The van der Waals surface area contributed by atoms with E-state index in [9.17, 15) is 0 Å². The van der Waals surface area contributed by atoms with Crippen molar-refractivity contribution in [2.45, 2.75) is 76.8 Å². The monoisotopic (exact) mass is 259 g/mol. The molecule has 1 aromatic rings. The summed E-state index contributed by atoms with van der Waals surface area (Å²) in [5.41, 5.74) is 2.31. The topological polar surface area (TPSA) is 37.8 Å². The van der Waals surface area contributed by atoms with Crippen molar-refractivity contribution in [3.05, 3.63) is 23.3 Å². The van der Waals surface area contributed by atoms with E-state index in [0.717, 1.165) is 24.1 Å². The summed E-state index contributed by atoms with van der Waals surface area (Å²) in [6.07, 6.45) is 10.7. The molecule has 0 bridgehead atoms. The minimum Gasteiger partial charge on any atom is -0.308 e. The van der Waals surface area contributed by atoms with Gasteiger partial charge in [0.1, 0.15) is 5.82 Å². The smallest absolute Gasteiger partial charge is 0.131 e. The molecule has 0 spiro atoms. The lowest BCUT2D eigenvalue weighted by atomic mass is 9.99. The first-order chi connectivity index (χ1) is 9.31. The summed E-state index contributed by atoms with van der Waals surface area (Å²) in [5.74, 6) is 1.71. The molecule has 19 heavy (non-hydrogen) atoms. The van der Waals surface area contributed by atoms with Crippen molar-refractivity contribution in [1.29, 1.82) is 0 Å². The minimum atomic E-state index is 0.599. The molecule has 3 rings (SSSR count). The van der Waals surface area contributed by atoms with Crippen LogP contribution in [-0.4, -0.2) is 16.0 Å². The van der Waals surface area contributed by atoms with E-state index in [1.165, 1.54) is 57.1 Å². The molecule has 0 amide bonds. The van der Waals surface area contributed by atoms with Crippen molar-refractivity contribution in [1.82, 2.24) is 15.3 Å². The van der Waals surface area contributed by atoms with Crippen LogP contribution in [0.25, 0.3) is 0 Å². The summed E-state index contributed by atoms with van der Waals surface area (Å²) >= 11 is 0. The Balaban J connectivity index is 1.71. The molecule has 1 heterocycles. The normalized spacial score (nSPS) is 21.3. The quantitative estimate of drug-likeness (QED) is 0.841. The average Bonchev–Trinajstić information content (AvgIpc) is 3.23. The molecule has 0 atom stereocenters. The second-order valence-corrected chi connectivity index (χ2v) is 6.20. The summed E-state index contributed by atoms with van der Waals surface area (Å²) in [6.45, 7) is 3.01. The van der Waals surface area contributed by atoms with Gasteiger partial charge in [-0.15, -0.1) is 0 Å². The maximum absolute atomic E-state index is 4.83. The van der Waals surface area contributed by atoms with E-state index in [-0.39, 0.29) is 0 Å². The van der Waals surface area contributed by atoms with Gasteiger partial charge in [0.05, 0.1) is 5.69 Å². The number of rotatable bonds is 4. The number of aryl methyl sites for hydroxylation is 1. The Hall–Kier alpha value is -0.960. The Morgan fingerprint density at radius 2 is 1.79 bits per heavy atom. The third kappa shape index (κ3) is 3.75. The molecule has 2 fully saturated rings. The van der Waals surface area contributed by atoms with Crippen LogP contribution in [0, 0.1) is 6.92 Å². The Kier molecular flexibility index (Phi) is 4.12. The van der Waals surface area contributed by atoms with Gasteiger partial charge in [-0.3, -0.25) is 0 Å². The van der Waals surface area contributed by atoms with Crippen LogP contribution in [-0.2, 0) is 6.54 Å². The highest BCUT2D eigenvalue weighted by atomic mass is 15.0. The zero-order valence-corrected chi connectivity index (χ0v) is 12.0. The molecule has 1 aromatic heterocycles. The van der Waals surface area contributed by atoms with Crippen molar-refractivity contribution >= 4 is 0 Å². The van der Waals surface area contributed by atoms with Gasteiger partial charge >= 0.3 is 0 Å². The largest absolute Gasteiger partial charge is 0.308 e. The Bertz CT molecular complexity index is 418. The predicted molar refractivity (Wildman–Crippen MR) is 77.1 cm³/mol. The fraction of sp³-hybridized carbons (Fsp3) is 0.750. The minimum absolute atomic E-state index is 0.599. The van der Waals surface area contributed by atoms with E-state index in [4.69, 9.17) is 9.97 Å². The second kappa shape index (κ2) is 6.00. The van der Waals surface area contributed by atoms with E-state index >= 15 is 0 Å². The molecule has 3 nitrogen and oxygen atoms in total. The van der Waals surface area contributed by atoms with Crippen LogP contribution < -0.4 is 5.32 Å². The Morgan fingerprint density at radius 1 is 1.05 bits per heavy atom. The summed E-state index contributed by atoms with van der Waals surface area (Å²) in [6, 6.07) is 2.88. The van der Waals surface area contributed by atoms with E-state index in [2.05, 4.69) is 18.3 Å². The SMILES string of the molecule is Cc1cc(CNC2CC2)nc(C2CCCCCC2)n1. The summed E-state index contributed by atoms with van der Waals surface area (Å²) < 4.78 is 0. The van der Waals surface area contributed by atoms with E-state index in [1.54, 1.807) is 0 Å². The molecule has 2 aliphatic rings. The maximum Gasteiger partial charge on any atom is 0.131 e. The van der Waals surface area contributed by atoms with Crippen LogP contribution in [0.5, 0.6) is 0 Å². The van der Waals surface area contributed by atoms with Crippen LogP contribution >= 0.6 is 0 Å². The maximum atomic E-state index is 4.83. The van der Waals surface area contributed by atoms with E-state index in [0.29, 0.717) is 5.92 Å². The number of hydrogen-bond acceptors (Lipinski definition) is 3. The second-order valence-electron chi connectivity index (χ2n) is 6.20. The number of nitrogens with one attached hydrogen (secondary N) is 1. The third-order valence-electron chi connectivity index (χ3n) is 4.29. The van der Waals surface area contributed by atoms with Crippen molar-refractivity contribution in [2.24, 2.45) is 0 Å². The zero-order valence-electron chi connectivity index (χ0n) is 12.0. The number of aromatic nitrogens is 2. The lowest BCUT2D eigenvalue weighted by Gasteiger charge is -2.14. The van der Waals surface area contributed by atoms with E-state index in [1.807, 2.05) is 0 Å². The van der Waals surface area contributed by atoms with Crippen LogP contribution in [0.15, 0.2) is 6.07 Å². The van der Waals surface area contributed by atoms with Gasteiger partial charge < -0.3 is 5.32 Å². The molecule has 0 aromatic carbocycles. The Morgan fingerprint density at radius 3 is 2.47 bits per heavy atom. The first-order valence-electron chi connectivity index (χ1n) is 7.89. The van der Waals surface area contributed by atoms with E-state index < -0.39 is 0 Å². The van der Waals surface area contributed by atoms with Gasteiger partial charge in [0, 0.05) is 24.2 Å². The predicted octanol–water partition coefficient (Wildman–Crippen LogP) is 3.47. The lowest BCUT2D eigenvalue weighted by Crippen LogP contribution is -2.18. The molecule has 104 valence electrons. The summed E-state index contributed by atoms with van der Waals surface area (Å²) in [4.78, 5) is 9.53. The molecule has 0 aliphatic heterocycles. The highest BCUT2D eigenvalue weighted by Gasteiger charge is 2.21. The van der Waals surface area contributed by atoms with Crippen molar-refractivity contribution in [3.63, 3.8) is 0 Å². The highest BCUT2D eigenvalue weighted by molar-refractivity contribution is 5.13. The fourth-order valence-electron chi connectivity index (χ4n) is 3.01. The molecule has 0 unspecified atom stereocenters. The van der Waals surface area contributed by atoms with Crippen molar-refractivity contribution in [3.8, 4) is 0 Å². The van der Waals surface area contributed by atoms with Crippen LogP contribution in [0.2, 0.25) is 0 Å². The van der Waals surface area contributed by atoms with Gasteiger partial charge in [0.25, 0.3) is 0 Å². The average molecular weight is 259 g/mol. The highest BCUT2D eigenvalue weighted by Crippen LogP contribution is 2.29. The van der Waals surface area contributed by atoms with Crippen LogP contribution in [0.1, 0.15) is 74.5 Å². The fourth-order valence-corrected chi connectivity index (χ4v) is 3.01. The first-order valence-corrected chi connectivity index (χ1v) is 7.89. The zero-order chi connectivity index (χ0) is 13.1. The van der Waals surface area contributed by atoms with Gasteiger partial charge in [0.2, 0.25) is 0 Å². The van der Waals surface area contributed by atoms with Gasteiger partial charge in [0.15, 0.2) is 0 Å². The molecule has 1 N–H and O–H groups in total. The third-order valence-corrected chi connectivity index (χ3v) is 4.29. The standard InChI is InChI=1S/C16H25N3/c1-12-10-15(11-17-14-8-9-14)19-16(18-12)13-6-4-2-3-5-7-13/h10,13-14,17H,2-9,11H2,1H3. The van der Waals surface area contributed by atoms with Crippen LogP contribution in [0.3, 0.4) is 0 Å². The molecule has 0 radical (unpaired) electrons. The summed E-state index contributed by atoms with van der Waals surface area (Å²) in [7, 11) is 0. The lowest BCUT2D eigenvalue weighted by molar-refractivity contribution is 0.551. The molecular weight excluding hydrogens is 234 g/mol. The van der Waals surface area contributed by atoms with Gasteiger partial charge in [-0.2, -0.15) is 0 Å². The molecular formula is C16H25N3. The molecule has 2 saturated carbocycles. The summed E-state index contributed by atoms with van der Waals surface area (Å²) in [5, 5.41) is 3.55. The van der Waals surface area contributed by atoms with Crippen LogP contribution in [0.4, 0.5) is 0 Å². The van der Waals surface area contributed by atoms with Crippen molar-refractivity contribution in [2.75, 3.05) is 0 Å². The van der Waals surface area contributed by atoms with Gasteiger partial charge in [-0.1, -0.05) is 25.7 Å².